The third-order valence-electron chi connectivity index (χ3n) is 3.39. The summed E-state index contributed by atoms with van der Waals surface area (Å²) in [6.07, 6.45) is 1.64. The topological polar surface area (TPSA) is 72.5 Å². The highest BCUT2D eigenvalue weighted by Crippen LogP contribution is 2.34. The van der Waals surface area contributed by atoms with Gasteiger partial charge in [-0.25, -0.2) is 22.3 Å². The monoisotopic (exact) mass is 301 g/mol. The Balaban J connectivity index is 2.35. The van der Waals surface area contributed by atoms with E-state index in [9.17, 15) is 17.6 Å². The van der Waals surface area contributed by atoms with E-state index in [-0.39, 0.29) is 16.5 Å². The fraction of sp³-hybridized carbons (Fsp3) is 0.462. The van der Waals surface area contributed by atoms with Crippen LogP contribution in [-0.2, 0) is 14.8 Å². The lowest BCUT2D eigenvalue weighted by Crippen LogP contribution is -2.28. The predicted octanol–water partition coefficient (Wildman–Crippen LogP) is 1.69. The first-order chi connectivity index (χ1) is 9.39. The number of carbonyl (C=O) groups excluding carboxylic acids is 1. The SMILES string of the molecule is CCC1CC1NS(=O)(=O)c1cc(F)ccc1C(=O)OC. The van der Waals surface area contributed by atoms with Crippen molar-refractivity contribution in [1.29, 1.82) is 0 Å². The van der Waals surface area contributed by atoms with Crippen molar-refractivity contribution in [2.45, 2.75) is 30.7 Å². The molecule has 110 valence electrons. The first-order valence-corrected chi connectivity index (χ1v) is 7.77. The van der Waals surface area contributed by atoms with Gasteiger partial charge in [-0.15, -0.1) is 0 Å². The van der Waals surface area contributed by atoms with Crippen LogP contribution < -0.4 is 4.72 Å². The van der Waals surface area contributed by atoms with Crippen LogP contribution >= 0.6 is 0 Å². The lowest BCUT2D eigenvalue weighted by Gasteiger charge is -2.10. The summed E-state index contributed by atoms with van der Waals surface area (Å²) < 4.78 is 44.8. The van der Waals surface area contributed by atoms with Gasteiger partial charge in [0.05, 0.1) is 17.6 Å². The summed E-state index contributed by atoms with van der Waals surface area (Å²) in [6.45, 7) is 1.97. The maximum absolute atomic E-state index is 13.3. The maximum Gasteiger partial charge on any atom is 0.339 e. The second kappa shape index (κ2) is 5.49. The molecule has 2 atom stereocenters. The fourth-order valence-corrected chi connectivity index (χ4v) is 3.63. The fourth-order valence-electron chi connectivity index (χ4n) is 2.10. The zero-order chi connectivity index (χ0) is 14.9. The van der Waals surface area contributed by atoms with E-state index in [0.717, 1.165) is 38.2 Å². The Morgan fingerprint density at radius 1 is 1.50 bits per heavy atom. The zero-order valence-electron chi connectivity index (χ0n) is 11.2. The number of hydrogen-bond donors (Lipinski definition) is 1. The quantitative estimate of drug-likeness (QED) is 0.840. The summed E-state index contributed by atoms with van der Waals surface area (Å²) in [6, 6.07) is 2.83. The predicted molar refractivity (Wildman–Crippen MR) is 70.2 cm³/mol. The van der Waals surface area contributed by atoms with E-state index < -0.39 is 21.8 Å². The van der Waals surface area contributed by atoms with Crippen molar-refractivity contribution in [3.05, 3.63) is 29.6 Å². The van der Waals surface area contributed by atoms with Gasteiger partial charge in [-0.2, -0.15) is 0 Å². The average Bonchev–Trinajstić information content (AvgIpc) is 3.15. The molecular weight excluding hydrogens is 285 g/mol. The number of carbonyl (C=O) groups is 1. The van der Waals surface area contributed by atoms with E-state index in [1.165, 1.54) is 0 Å². The molecule has 7 heteroatoms. The molecule has 2 unspecified atom stereocenters. The molecule has 1 saturated carbocycles. The number of methoxy groups -OCH3 is 1. The molecule has 0 aliphatic heterocycles. The summed E-state index contributed by atoms with van der Waals surface area (Å²) in [5, 5.41) is 0. The minimum absolute atomic E-state index is 0.140. The first-order valence-electron chi connectivity index (χ1n) is 6.29. The summed E-state index contributed by atoms with van der Waals surface area (Å²) in [7, 11) is -2.80. The molecule has 0 radical (unpaired) electrons. The van der Waals surface area contributed by atoms with Crippen molar-refractivity contribution < 1.29 is 22.3 Å². The Kier molecular flexibility index (Phi) is 4.10. The standard InChI is InChI=1S/C13H16FNO4S/c1-3-8-6-11(8)15-20(17,18)12-7-9(14)4-5-10(12)13(16)19-2/h4-5,7-8,11,15H,3,6H2,1-2H3. The third-order valence-corrected chi connectivity index (χ3v) is 4.92. The molecule has 0 aromatic heterocycles. The van der Waals surface area contributed by atoms with Gasteiger partial charge in [-0.05, 0) is 30.5 Å². The molecule has 2 rings (SSSR count). The van der Waals surface area contributed by atoms with Crippen molar-refractivity contribution in [3.63, 3.8) is 0 Å². The molecule has 0 bridgehead atoms. The van der Waals surface area contributed by atoms with Gasteiger partial charge in [0.15, 0.2) is 0 Å². The van der Waals surface area contributed by atoms with Crippen LogP contribution in [0.1, 0.15) is 30.1 Å². The van der Waals surface area contributed by atoms with E-state index >= 15 is 0 Å². The Morgan fingerprint density at radius 3 is 2.75 bits per heavy atom. The van der Waals surface area contributed by atoms with Gasteiger partial charge in [-0.3, -0.25) is 0 Å². The third kappa shape index (κ3) is 2.99. The first kappa shape index (κ1) is 14.9. The number of ether oxygens (including phenoxy) is 1. The second-order valence-corrected chi connectivity index (χ2v) is 6.45. The number of halogens is 1. The van der Waals surface area contributed by atoms with Crippen LogP contribution in [0.4, 0.5) is 4.39 Å². The number of sulfonamides is 1. The highest BCUT2D eigenvalue weighted by atomic mass is 32.2. The van der Waals surface area contributed by atoms with E-state index in [0.29, 0.717) is 5.92 Å². The molecular formula is C13H16FNO4S. The number of nitrogens with one attached hydrogen (secondary N) is 1. The Labute approximate surface area is 117 Å². The van der Waals surface area contributed by atoms with Gasteiger partial charge in [-0.1, -0.05) is 13.3 Å². The largest absolute Gasteiger partial charge is 0.465 e. The van der Waals surface area contributed by atoms with Gasteiger partial charge in [0.25, 0.3) is 0 Å². The second-order valence-electron chi connectivity index (χ2n) is 4.76. The van der Waals surface area contributed by atoms with Crippen molar-refractivity contribution in [1.82, 2.24) is 4.72 Å². The molecule has 5 nitrogen and oxygen atoms in total. The van der Waals surface area contributed by atoms with Gasteiger partial charge < -0.3 is 4.74 Å². The lowest BCUT2D eigenvalue weighted by atomic mass is 10.2. The van der Waals surface area contributed by atoms with Crippen molar-refractivity contribution >= 4 is 16.0 Å². The summed E-state index contributed by atoms with van der Waals surface area (Å²) >= 11 is 0. The van der Waals surface area contributed by atoms with E-state index in [4.69, 9.17) is 0 Å². The number of esters is 1. The highest BCUT2D eigenvalue weighted by Gasteiger charge is 2.39. The van der Waals surface area contributed by atoms with Crippen LogP contribution in [0.2, 0.25) is 0 Å². The average molecular weight is 301 g/mol. The van der Waals surface area contributed by atoms with Crippen LogP contribution in [0.15, 0.2) is 23.1 Å². The van der Waals surface area contributed by atoms with Crippen LogP contribution in [0, 0.1) is 11.7 Å². The Bertz CT molecular complexity index is 629. The summed E-state index contributed by atoms with van der Waals surface area (Å²) in [5.41, 5.74) is -0.171. The minimum atomic E-state index is -3.94. The zero-order valence-corrected chi connectivity index (χ0v) is 12.0. The molecule has 0 heterocycles. The molecule has 0 saturated heterocycles. The van der Waals surface area contributed by atoms with Gasteiger partial charge in [0, 0.05) is 6.04 Å². The van der Waals surface area contributed by atoms with Crippen LogP contribution in [0.5, 0.6) is 0 Å². The number of hydrogen-bond acceptors (Lipinski definition) is 4. The summed E-state index contributed by atoms with van der Waals surface area (Å²) in [5.74, 6) is -1.23. The molecule has 1 aliphatic rings. The molecule has 1 fully saturated rings. The van der Waals surface area contributed by atoms with E-state index in [1.54, 1.807) is 0 Å². The number of benzene rings is 1. The molecule has 1 aromatic rings. The maximum atomic E-state index is 13.3. The molecule has 1 aliphatic carbocycles. The summed E-state index contributed by atoms with van der Waals surface area (Å²) in [4.78, 5) is 11.2. The number of rotatable bonds is 5. The lowest BCUT2D eigenvalue weighted by molar-refractivity contribution is 0.0596. The molecule has 1 aromatic carbocycles. The highest BCUT2D eigenvalue weighted by molar-refractivity contribution is 7.89. The van der Waals surface area contributed by atoms with Gasteiger partial charge >= 0.3 is 5.97 Å². The van der Waals surface area contributed by atoms with Crippen molar-refractivity contribution in [3.8, 4) is 0 Å². The van der Waals surface area contributed by atoms with Crippen molar-refractivity contribution in [2.24, 2.45) is 5.92 Å². The van der Waals surface area contributed by atoms with Gasteiger partial charge in [0.1, 0.15) is 5.82 Å². The molecule has 1 N–H and O–H groups in total. The van der Waals surface area contributed by atoms with E-state index in [2.05, 4.69) is 9.46 Å². The minimum Gasteiger partial charge on any atom is -0.465 e. The molecule has 20 heavy (non-hydrogen) atoms. The Morgan fingerprint density at radius 2 is 2.20 bits per heavy atom. The van der Waals surface area contributed by atoms with E-state index in [1.807, 2.05) is 6.92 Å². The molecule has 0 spiro atoms. The van der Waals surface area contributed by atoms with Gasteiger partial charge in [0.2, 0.25) is 10.0 Å². The molecule has 0 amide bonds. The Hall–Kier alpha value is -1.47. The smallest absolute Gasteiger partial charge is 0.339 e. The normalized spacial score (nSPS) is 21.6. The van der Waals surface area contributed by atoms with Crippen LogP contribution in [0.25, 0.3) is 0 Å². The van der Waals surface area contributed by atoms with Crippen molar-refractivity contribution in [2.75, 3.05) is 7.11 Å². The van der Waals surface area contributed by atoms with Crippen LogP contribution in [-0.4, -0.2) is 27.5 Å². The van der Waals surface area contributed by atoms with Crippen LogP contribution in [0.3, 0.4) is 0 Å².